The quantitative estimate of drug-likeness (QED) is 0.790. The first-order valence-corrected chi connectivity index (χ1v) is 8.14. The Morgan fingerprint density at radius 3 is 2.85 bits per heavy atom. The molecular weight excluding hydrogens is 272 g/mol. The van der Waals surface area contributed by atoms with Crippen LogP contribution in [-0.4, -0.2) is 30.7 Å². The molecule has 2 amide bonds. The smallest absolute Gasteiger partial charge is 0.319 e. The Labute approximate surface area is 124 Å². The number of benzene rings is 1. The van der Waals surface area contributed by atoms with Crippen LogP contribution in [-0.2, 0) is 0 Å². The van der Waals surface area contributed by atoms with E-state index in [9.17, 15) is 4.79 Å². The second kappa shape index (κ2) is 8.04. The first-order chi connectivity index (χ1) is 9.79. The number of urea groups is 1. The number of anilines is 1. The highest BCUT2D eigenvalue weighted by Gasteiger charge is 2.14. The molecule has 2 rings (SSSR count). The van der Waals surface area contributed by atoms with Crippen LogP contribution in [0.3, 0.4) is 0 Å². The van der Waals surface area contributed by atoms with E-state index in [1.807, 2.05) is 36.0 Å². The van der Waals surface area contributed by atoms with Crippen molar-refractivity contribution < 1.29 is 9.53 Å². The van der Waals surface area contributed by atoms with E-state index < -0.39 is 0 Å². The number of hydrogen-bond donors (Lipinski definition) is 2. The van der Waals surface area contributed by atoms with Gasteiger partial charge in [0.2, 0.25) is 0 Å². The summed E-state index contributed by atoms with van der Waals surface area (Å²) in [6.45, 7) is 0.697. The molecule has 5 heteroatoms. The lowest BCUT2D eigenvalue weighted by Gasteiger charge is -2.12. The Balaban J connectivity index is 1.67. The summed E-state index contributed by atoms with van der Waals surface area (Å²) in [5, 5.41) is 6.49. The third kappa shape index (κ3) is 4.63. The van der Waals surface area contributed by atoms with Crippen molar-refractivity contribution in [2.45, 2.75) is 30.9 Å². The van der Waals surface area contributed by atoms with Crippen molar-refractivity contribution in [3.63, 3.8) is 0 Å². The molecule has 0 radical (unpaired) electrons. The predicted octanol–water partition coefficient (Wildman–Crippen LogP) is 3.49. The summed E-state index contributed by atoms with van der Waals surface area (Å²) in [6, 6.07) is 7.22. The maximum Gasteiger partial charge on any atom is 0.319 e. The van der Waals surface area contributed by atoms with E-state index >= 15 is 0 Å². The summed E-state index contributed by atoms with van der Waals surface area (Å²) in [5.41, 5.74) is 0.691. The van der Waals surface area contributed by atoms with Crippen molar-refractivity contribution in [3.8, 4) is 5.75 Å². The van der Waals surface area contributed by atoms with Gasteiger partial charge in [-0.15, -0.1) is 0 Å². The zero-order valence-corrected chi connectivity index (χ0v) is 12.7. The molecular formula is C15H22N2O2S. The molecule has 110 valence electrons. The number of para-hydroxylation sites is 2. The predicted molar refractivity (Wildman–Crippen MR) is 84.7 cm³/mol. The molecule has 0 spiro atoms. The fourth-order valence-electron chi connectivity index (χ4n) is 2.36. The monoisotopic (exact) mass is 294 g/mol. The molecule has 0 unspecified atom stereocenters. The zero-order valence-electron chi connectivity index (χ0n) is 11.9. The highest BCUT2D eigenvalue weighted by Crippen LogP contribution is 2.28. The number of carbonyl (C=O) groups is 1. The van der Waals surface area contributed by atoms with Gasteiger partial charge in [-0.25, -0.2) is 4.79 Å². The van der Waals surface area contributed by atoms with Gasteiger partial charge in [-0.1, -0.05) is 25.0 Å². The number of carbonyl (C=O) groups excluding carboxylic acids is 1. The molecule has 1 aliphatic carbocycles. The van der Waals surface area contributed by atoms with Crippen molar-refractivity contribution in [2.24, 2.45) is 0 Å². The topological polar surface area (TPSA) is 50.4 Å². The molecule has 0 heterocycles. The van der Waals surface area contributed by atoms with E-state index in [1.54, 1.807) is 7.11 Å². The summed E-state index contributed by atoms with van der Waals surface area (Å²) in [5.74, 6) is 1.65. The van der Waals surface area contributed by atoms with Gasteiger partial charge >= 0.3 is 6.03 Å². The van der Waals surface area contributed by atoms with Gasteiger partial charge in [0.1, 0.15) is 5.75 Å². The van der Waals surface area contributed by atoms with E-state index in [-0.39, 0.29) is 6.03 Å². The molecule has 0 bridgehead atoms. The van der Waals surface area contributed by atoms with Crippen LogP contribution < -0.4 is 15.4 Å². The van der Waals surface area contributed by atoms with Gasteiger partial charge in [-0.3, -0.25) is 0 Å². The van der Waals surface area contributed by atoms with Gasteiger partial charge in [0.05, 0.1) is 12.8 Å². The van der Waals surface area contributed by atoms with Crippen molar-refractivity contribution in [1.82, 2.24) is 5.32 Å². The Hall–Kier alpha value is -1.36. The maximum absolute atomic E-state index is 11.8. The van der Waals surface area contributed by atoms with Gasteiger partial charge in [0.15, 0.2) is 0 Å². The van der Waals surface area contributed by atoms with Crippen LogP contribution in [0.2, 0.25) is 0 Å². The minimum atomic E-state index is -0.179. The second-order valence-electron chi connectivity index (χ2n) is 4.86. The van der Waals surface area contributed by atoms with E-state index in [2.05, 4.69) is 10.6 Å². The normalized spacial score (nSPS) is 15.1. The number of nitrogens with one attached hydrogen (secondary N) is 2. The van der Waals surface area contributed by atoms with E-state index in [1.165, 1.54) is 25.7 Å². The standard InChI is InChI=1S/C15H22N2O2S/c1-19-14-9-5-4-8-13(14)17-15(18)16-10-11-20-12-6-2-3-7-12/h4-5,8-9,12H,2-3,6-7,10-11H2,1H3,(H2,16,17,18). The number of amides is 2. The molecule has 1 fully saturated rings. The first-order valence-electron chi connectivity index (χ1n) is 7.09. The molecule has 1 aliphatic rings. The molecule has 1 saturated carbocycles. The zero-order chi connectivity index (χ0) is 14.2. The van der Waals surface area contributed by atoms with Crippen LogP contribution in [0.25, 0.3) is 0 Å². The van der Waals surface area contributed by atoms with Crippen molar-refractivity contribution in [3.05, 3.63) is 24.3 Å². The van der Waals surface area contributed by atoms with Gasteiger partial charge in [-0.2, -0.15) is 11.8 Å². The van der Waals surface area contributed by atoms with Gasteiger partial charge < -0.3 is 15.4 Å². The molecule has 4 nitrogen and oxygen atoms in total. The number of hydrogen-bond acceptors (Lipinski definition) is 3. The molecule has 0 atom stereocenters. The van der Waals surface area contributed by atoms with Gasteiger partial charge in [-0.05, 0) is 25.0 Å². The largest absolute Gasteiger partial charge is 0.495 e. The number of ether oxygens (including phenoxy) is 1. The van der Waals surface area contributed by atoms with Crippen molar-refractivity contribution >= 4 is 23.5 Å². The fraction of sp³-hybridized carbons (Fsp3) is 0.533. The number of methoxy groups -OCH3 is 1. The lowest BCUT2D eigenvalue weighted by atomic mass is 10.3. The van der Waals surface area contributed by atoms with Crippen LogP contribution >= 0.6 is 11.8 Å². The van der Waals surface area contributed by atoms with E-state index in [4.69, 9.17) is 4.74 Å². The van der Waals surface area contributed by atoms with Gasteiger partial charge in [0.25, 0.3) is 0 Å². The fourth-order valence-corrected chi connectivity index (χ4v) is 3.58. The molecule has 1 aromatic carbocycles. The van der Waals surface area contributed by atoms with E-state index in [0.29, 0.717) is 18.0 Å². The van der Waals surface area contributed by atoms with Crippen molar-refractivity contribution in [1.29, 1.82) is 0 Å². The number of thioether (sulfide) groups is 1. The third-order valence-corrected chi connectivity index (χ3v) is 4.78. The average Bonchev–Trinajstić information content (AvgIpc) is 2.97. The van der Waals surface area contributed by atoms with Crippen LogP contribution in [0.15, 0.2) is 24.3 Å². The maximum atomic E-state index is 11.8. The summed E-state index contributed by atoms with van der Waals surface area (Å²) < 4.78 is 5.19. The molecule has 1 aromatic rings. The van der Waals surface area contributed by atoms with Gasteiger partial charge in [0, 0.05) is 17.5 Å². The Kier molecular flexibility index (Phi) is 6.05. The molecule has 0 saturated heterocycles. The van der Waals surface area contributed by atoms with Crippen LogP contribution in [0.4, 0.5) is 10.5 Å². The lowest BCUT2D eigenvalue weighted by Crippen LogP contribution is -2.30. The van der Waals surface area contributed by atoms with Crippen LogP contribution in [0.1, 0.15) is 25.7 Å². The summed E-state index contributed by atoms with van der Waals surface area (Å²) >= 11 is 1.97. The lowest BCUT2D eigenvalue weighted by molar-refractivity contribution is 0.252. The van der Waals surface area contributed by atoms with E-state index in [0.717, 1.165) is 11.0 Å². The van der Waals surface area contributed by atoms with Crippen LogP contribution in [0.5, 0.6) is 5.75 Å². The minimum absolute atomic E-state index is 0.179. The molecule has 2 N–H and O–H groups in total. The Bertz CT molecular complexity index is 434. The summed E-state index contributed by atoms with van der Waals surface area (Å²) in [7, 11) is 1.59. The number of rotatable bonds is 6. The minimum Gasteiger partial charge on any atom is -0.495 e. The molecule has 0 aliphatic heterocycles. The Morgan fingerprint density at radius 1 is 1.35 bits per heavy atom. The third-order valence-electron chi connectivity index (χ3n) is 3.40. The first kappa shape index (κ1) is 15.0. The van der Waals surface area contributed by atoms with Crippen molar-refractivity contribution in [2.75, 3.05) is 24.7 Å². The summed E-state index contributed by atoms with van der Waals surface area (Å²) in [6.07, 6.45) is 5.38. The average molecular weight is 294 g/mol. The van der Waals surface area contributed by atoms with Crippen LogP contribution in [0, 0.1) is 0 Å². The SMILES string of the molecule is COc1ccccc1NC(=O)NCCSC1CCCC1. The highest BCUT2D eigenvalue weighted by molar-refractivity contribution is 7.99. The highest BCUT2D eigenvalue weighted by atomic mass is 32.2. The second-order valence-corrected chi connectivity index (χ2v) is 6.27. The Morgan fingerprint density at radius 2 is 2.10 bits per heavy atom. The molecule has 20 heavy (non-hydrogen) atoms. The molecule has 0 aromatic heterocycles. The summed E-state index contributed by atoms with van der Waals surface area (Å²) in [4.78, 5) is 11.8.